The maximum Gasteiger partial charge on any atom is 0.434 e. The molecular weight excluding hydrogens is 498 g/mol. The first-order chi connectivity index (χ1) is 14.0. The molecule has 0 aliphatic heterocycles. The zero-order chi connectivity index (χ0) is 22.5. The van der Waals surface area contributed by atoms with Crippen LogP contribution in [0, 0.1) is 0 Å². The lowest BCUT2D eigenvalue weighted by Crippen LogP contribution is -2.26. The number of hydrogen-bond acceptors (Lipinski definition) is 5. The predicted molar refractivity (Wildman–Crippen MR) is 124 cm³/mol. The minimum absolute atomic E-state index is 0.0409. The zero-order valence-corrected chi connectivity index (χ0v) is 19.9. The van der Waals surface area contributed by atoms with Crippen molar-refractivity contribution in [3.63, 3.8) is 0 Å². The fraction of sp³-hybridized carbons (Fsp3) is 0.316. The third-order valence-corrected chi connectivity index (χ3v) is 6.16. The van der Waals surface area contributed by atoms with E-state index in [0.29, 0.717) is 18.1 Å². The second-order valence-electron chi connectivity index (χ2n) is 6.19. The fourth-order valence-corrected chi connectivity index (χ4v) is 5.07. The topological polar surface area (TPSA) is 28.2 Å². The highest BCUT2D eigenvalue weighted by molar-refractivity contribution is 8.05. The highest BCUT2D eigenvalue weighted by Crippen LogP contribution is 2.41. The molecule has 2 aromatic rings. The number of anilines is 2. The molecule has 0 aliphatic carbocycles. The Labute approximate surface area is 196 Å². The number of rotatable bonds is 10. The van der Waals surface area contributed by atoms with Crippen LogP contribution in [0.15, 0.2) is 35.6 Å². The lowest BCUT2D eigenvalue weighted by atomic mass is 10.3. The smallest absolute Gasteiger partial charge is 0.329 e. The van der Waals surface area contributed by atoms with Crippen LogP contribution in [-0.4, -0.2) is 23.0 Å². The molecule has 0 saturated heterocycles. The molecule has 0 fully saturated rings. The van der Waals surface area contributed by atoms with Crippen LogP contribution in [0.2, 0.25) is 15.1 Å². The monoisotopic (exact) mass is 515 g/mol. The first-order valence-electron chi connectivity index (χ1n) is 8.71. The van der Waals surface area contributed by atoms with E-state index in [1.54, 1.807) is 5.41 Å². The largest absolute Gasteiger partial charge is 0.434 e. The molecule has 0 spiro atoms. The molecule has 164 valence electrons. The molecule has 0 unspecified atom stereocenters. The quantitative estimate of drug-likeness (QED) is 0.343. The van der Waals surface area contributed by atoms with Crippen molar-refractivity contribution in [1.82, 2.24) is 9.88 Å². The second kappa shape index (κ2) is 11.1. The van der Waals surface area contributed by atoms with Crippen molar-refractivity contribution in [2.75, 3.05) is 18.4 Å². The zero-order valence-electron chi connectivity index (χ0n) is 16.0. The minimum atomic E-state index is -4.59. The summed E-state index contributed by atoms with van der Waals surface area (Å²) in [5, 5.41) is 5.17. The third-order valence-electron chi connectivity index (χ3n) is 3.76. The summed E-state index contributed by atoms with van der Waals surface area (Å²) >= 11 is 20.4. The number of nitrogens with zero attached hydrogens (tertiary/aromatic N) is 2. The summed E-state index contributed by atoms with van der Waals surface area (Å²) in [5.41, 5.74) is -0.683. The van der Waals surface area contributed by atoms with Gasteiger partial charge in [0.25, 0.3) is 0 Å². The van der Waals surface area contributed by atoms with Gasteiger partial charge in [-0.2, -0.15) is 13.2 Å². The van der Waals surface area contributed by atoms with Gasteiger partial charge in [-0.1, -0.05) is 66.2 Å². The molecular formula is C19H19Cl3F3N3S2. The van der Waals surface area contributed by atoms with Crippen LogP contribution in [0.4, 0.5) is 24.0 Å². The van der Waals surface area contributed by atoms with E-state index < -0.39 is 11.9 Å². The van der Waals surface area contributed by atoms with Crippen LogP contribution in [0.3, 0.4) is 0 Å². The Morgan fingerprint density at radius 2 is 1.93 bits per heavy atom. The molecule has 1 aromatic carbocycles. The Hall–Kier alpha value is -0.900. The number of nitrogens with one attached hydrogen (secondary N) is 1. The van der Waals surface area contributed by atoms with Crippen molar-refractivity contribution in [2.24, 2.45) is 0 Å². The van der Waals surface area contributed by atoms with Gasteiger partial charge in [0.05, 0.1) is 20.6 Å². The maximum atomic E-state index is 13.6. The summed E-state index contributed by atoms with van der Waals surface area (Å²) in [4.78, 5) is 6.56. The molecule has 0 atom stereocenters. The van der Waals surface area contributed by atoms with Crippen LogP contribution >= 0.6 is 57.9 Å². The number of thioether (sulfide) groups is 1. The van der Waals surface area contributed by atoms with Gasteiger partial charge in [-0.3, -0.25) is 4.90 Å². The molecule has 0 bridgehead atoms. The molecule has 0 aliphatic rings. The molecule has 1 aromatic heterocycles. The Kier molecular flexibility index (Phi) is 9.39. The molecule has 0 amide bonds. The molecule has 11 heteroatoms. The molecule has 30 heavy (non-hydrogen) atoms. The van der Waals surface area contributed by atoms with Gasteiger partial charge in [0.2, 0.25) is 0 Å². The van der Waals surface area contributed by atoms with Crippen molar-refractivity contribution in [3.8, 4) is 0 Å². The summed E-state index contributed by atoms with van der Waals surface area (Å²) < 4.78 is 40.9. The van der Waals surface area contributed by atoms with Crippen molar-refractivity contribution in [2.45, 2.75) is 26.1 Å². The molecule has 3 nitrogen and oxygen atoms in total. The van der Waals surface area contributed by atoms with Crippen molar-refractivity contribution < 1.29 is 13.2 Å². The average molecular weight is 517 g/mol. The summed E-state index contributed by atoms with van der Waals surface area (Å²) in [5.74, 6) is 0. The average Bonchev–Trinajstić information content (AvgIpc) is 3.01. The second-order valence-corrected chi connectivity index (χ2v) is 9.67. The Balaban J connectivity index is 2.34. The molecule has 0 radical (unpaired) electrons. The van der Waals surface area contributed by atoms with Crippen molar-refractivity contribution in [3.05, 3.63) is 61.2 Å². The van der Waals surface area contributed by atoms with Gasteiger partial charge in [-0.05, 0) is 35.4 Å². The molecule has 2 rings (SSSR count). The fourth-order valence-electron chi connectivity index (χ4n) is 2.64. The molecule has 1 N–H and O–H groups in total. The minimum Gasteiger partial charge on any atom is -0.329 e. The summed E-state index contributed by atoms with van der Waals surface area (Å²) in [6.45, 7) is 10.7. The van der Waals surface area contributed by atoms with E-state index in [1.807, 2.05) is 11.8 Å². The van der Waals surface area contributed by atoms with Gasteiger partial charge in [0, 0.05) is 18.1 Å². The van der Waals surface area contributed by atoms with E-state index >= 15 is 0 Å². The summed E-state index contributed by atoms with van der Waals surface area (Å²) in [7, 11) is 0. The highest BCUT2D eigenvalue weighted by atomic mass is 35.5. The Morgan fingerprint density at radius 3 is 2.47 bits per heavy atom. The van der Waals surface area contributed by atoms with Crippen LogP contribution < -0.4 is 5.32 Å². The number of halogens is 6. The summed E-state index contributed by atoms with van der Waals surface area (Å²) in [6.07, 6.45) is -3.81. The van der Waals surface area contributed by atoms with E-state index in [4.69, 9.17) is 34.8 Å². The van der Waals surface area contributed by atoms with Gasteiger partial charge in [0.15, 0.2) is 10.8 Å². The SMILES string of the molecule is C=CSC(=C)CN(CCC)Cc1sc(Nc2c(Cl)cc(Cl)cc2Cl)nc1C(F)(F)F. The van der Waals surface area contributed by atoms with Gasteiger partial charge in [-0.15, -0.1) is 11.8 Å². The number of hydrogen-bond donors (Lipinski definition) is 1. The van der Waals surface area contributed by atoms with Gasteiger partial charge < -0.3 is 5.32 Å². The third kappa shape index (κ3) is 7.07. The van der Waals surface area contributed by atoms with E-state index in [2.05, 4.69) is 23.5 Å². The first kappa shape index (κ1) is 25.4. The lowest BCUT2D eigenvalue weighted by Gasteiger charge is -2.22. The highest BCUT2D eigenvalue weighted by Gasteiger charge is 2.38. The number of aromatic nitrogens is 1. The van der Waals surface area contributed by atoms with Crippen LogP contribution in [-0.2, 0) is 12.7 Å². The summed E-state index contributed by atoms with van der Waals surface area (Å²) in [6, 6.07) is 2.89. The van der Waals surface area contributed by atoms with Crippen LogP contribution in [0.5, 0.6) is 0 Å². The van der Waals surface area contributed by atoms with E-state index in [9.17, 15) is 13.2 Å². The number of alkyl halides is 3. The lowest BCUT2D eigenvalue weighted by molar-refractivity contribution is -0.141. The number of thiazole rings is 1. The van der Waals surface area contributed by atoms with Gasteiger partial charge in [0.1, 0.15) is 0 Å². The first-order valence-corrected chi connectivity index (χ1v) is 11.5. The van der Waals surface area contributed by atoms with E-state index in [-0.39, 0.29) is 32.3 Å². The number of benzene rings is 1. The predicted octanol–water partition coefficient (Wildman–Crippen LogP) is 8.47. The van der Waals surface area contributed by atoms with Crippen LogP contribution in [0.25, 0.3) is 0 Å². The Morgan fingerprint density at radius 1 is 1.30 bits per heavy atom. The molecule has 1 heterocycles. The van der Waals surface area contributed by atoms with Crippen molar-refractivity contribution >= 4 is 68.7 Å². The van der Waals surface area contributed by atoms with E-state index in [1.165, 1.54) is 23.9 Å². The standard InChI is InChI=1S/C19H19Cl3F3N3S2/c1-4-6-28(9-11(3)29-5-2)10-15-17(19(23,24)25)27-18(30-15)26-16-13(21)7-12(20)8-14(16)22/h5,7-8H,2-4,6,9-10H2,1H3,(H,26,27). The van der Waals surface area contributed by atoms with E-state index in [0.717, 1.165) is 22.7 Å². The normalized spacial score (nSPS) is 11.7. The van der Waals surface area contributed by atoms with Gasteiger partial charge >= 0.3 is 6.18 Å². The van der Waals surface area contributed by atoms with Crippen LogP contribution in [0.1, 0.15) is 23.9 Å². The van der Waals surface area contributed by atoms with Gasteiger partial charge in [-0.25, -0.2) is 4.98 Å². The molecule has 0 saturated carbocycles. The Bertz CT molecular complexity index is 893. The maximum absolute atomic E-state index is 13.6. The van der Waals surface area contributed by atoms with Crippen molar-refractivity contribution in [1.29, 1.82) is 0 Å².